The number of rotatable bonds is 8. The Balaban J connectivity index is 2.58. The van der Waals surface area contributed by atoms with Gasteiger partial charge in [0.1, 0.15) is 29.2 Å². The molecule has 2 rings (SSSR count). The molecule has 0 saturated heterocycles. The van der Waals surface area contributed by atoms with Crippen molar-refractivity contribution in [2.75, 3.05) is 18.4 Å². The van der Waals surface area contributed by atoms with E-state index in [1.54, 1.807) is 27.7 Å². The number of hydrazine groups is 1. The van der Waals surface area contributed by atoms with Gasteiger partial charge in [0, 0.05) is 24.2 Å². The number of halogens is 5. The molecule has 1 aliphatic heterocycles. The Morgan fingerprint density at radius 3 is 2.53 bits per heavy atom. The van der Waals surface area contributed by atoms with Gasteiger partial charge in [0.05, 0.1) is 17.9 Å². The lowest BCUT2D eigenvalue weighted by Gasteiger charge is -2.48. The van der Waals surface area contributed by atoms with Crippen LogP contribution in [0.1, 0.15) is 47.5 Å². The van der Waals surface area contributed by atoms with E-state index in [9.17, 15) is 32.3 Å². The van der Waals surface area contributed by atoms with Gasteiger partial charge in [0.2, 0.25) is 0 Å². The largest absolute Gasteiger partial charge is 0.509 e. The first-order valence-corrected chi connectivity index (χ1v) is 12.7. The standard InChI is InChI=1S/C25H32BrF4N3O3/c1-6-32-22(25(3,4)5)21(34)19(23(35)31-17(10-14(2)27)11-16(28)12-26)24(36)33(32)13-15-8-7-9-18(29)20(15)30/h8,10-11,14,22,34H,6-7,9,12-13H2,1-5H3,(H,31,35)/b16-11+,17-10+/t14?,22-/m1/s1. The lowest BCUT2D eigenvalue weighted by Crippen LogP contribution is -2.61. The average Bonchev–Trinajstić information content (AvgIpc) is 2.76. The van der Waals surface area contributed by atoms with Crippen LogP contribution in [0.3, 0.4) is 0 Å². The van der Waals surface area contributed by atoms with Crippen LogP contribution in [0, 0.1) is 5.41 Å². The van der Waals surface area contributed by atoms with E-state index in [0.717, 1.165) is 17.2 Å². The van der Waals surface area contributed by atoms with Gasteiger partial charge >= 0.3 is 0 Å². The first kappa shape index (κ1) is 29.8. The topological polar surface area (TPSA) is 72.9 Å². The molecule has 0 radical (unpaired) electrons. The van der Waals surface area contributed by atoms with Gasteiger partial charge in [-0.05, 0) is 30.9 Å². The SMILES string of the molecule is CCN1[C@@H](C(C)(C)C)C(O)=C(C(=O)NC(/C=C(/F)CBr)=C/C(C)F)C(=O)N1CC1=CCCC(F)=C1F. The monoisotopic (exact) mass is 577 g/mol. The van der Waals surface area contributed by atoms with Crippen LogP contribution in [0.4, 0.5) is 17.6 Å². The highest BCUT2D eigenvalue weighted by atomic mass is 79.9. The molecule has 0 aromatic carbocycles. The van der Waals surface area contributed by atoms with Gasteiger partial charge in [-0.2, -0.15) is 0 Å². The molecule has 200 valence electrons. The van der Waals surface area contributed by atoms with E-state index in [1.165, 1.54) is 18.0 Å². The second-order valence-corrected chi connectivity index (χ2v) is 10.2. The molecule has 36 heavy (non-hydrogen) atoms. The molecule has 0 spiro atoms. The van der Waals surface area contributed by atoms with E-state index in [2.05, 4.69) is 21.2 Å². The number of carbonyl (C=O) groups is 2. The zero-order chi connectivity index (χ0) is 27.4. The van der Waals surface area contributed by atoms with Crippen LogP contribution in [0.2, 0.25) is 0 Å². The van der Waals surface area contributed by atoms with Crippen molar-refractivity contribution in [3.8, 4) is 0 Å². The van der Waals surface area contributed by atoms with Crippen LogP contribution in [0.15, 0.2) is 58.3 Å². The fourth-order valence-electron chi connectivity index (χ4n) is 4.18. The third kappa shape index (κ3) is 6.88. The predicted molar refractivity (Wildman–Crippen MR) is 133 cm³/mol. The fraction of sp³-hybridized carbons (Fsp3) is 0.520. The van der Waals surface area contributed by atoms with E-state index in [0.29, 0.717) is 0 Å². The summed E-state index contributed by atoms with van der Waals surface area (Å²) in [5, 5.41) is 15.8. The van der Waals surface area contributed by atoms with Crippen molar-refractivity contribution in [2.45, 2.75) is 59.7 Å². The summed E-state index contributed by atoms with van der Waals surface area (Å²) in [4.78, 5) is 26.7. The molecule has 2 atom stereocenters. The maximum atomic E-state index is 14.5. The lowest BCUT2D eigenvalue weighted by molar-refractivity contribution is -0.158. The number of amides is 2. The van der Waals surface area contributed by atoms with Gasteiger partial charge in [-0.3, -0.25) is 14.6 Å². The van der Waals surface area contributed by atoms with Crippen LogP contribution in [-0.4, -0.2) is 57.6 Å². The van der Waals surface area contributed by atoms with E-state index < -0.39 is 58.3 Å². The third-order valence-corrected chi connectivity index (χ3v) is 6.18. The molecule has 0 bridgehead atoms. The van der Waals surface area contributed by atoms with E-state index >= 15 is 0 Å². The van der Waals surface area contributed by atoms with Crippen molar-refractivity contribution in [2.24, 2.45) is 5.41 Å². The summed E-state index contributed by atoms with van der Waals surface area (Å²) >= 11 is 2.92. The van der Waals surface area contributed by atoms with Crippen molar-refractivity contribution in [1.82, 2.24) is 15.3 Å². The smallest absolute Gasteiger partial charge is 0.277 e. The van der Waals surface area contributed by atoms with Gasteiger partial charge in [0.25, 0.3) is 11.8 Å². The molecule has 1 unspecified atom stereocenters. The quantitative estimate of drug-likeness (QED) is 0.166. The molecular weight excluding hydrogens is 546 g/mol. The number of nitrogens with one attached hydrogen (secondary N) is 1. The Bertz CT molecular complexity index is 1040. The zero-order valence-electron chi connectivity index (χ0n) is 21.0. The van der Waals surface area contributed by atoms with E-state index in [4.69, 9.17) is 0 Å². The third-order valence-electron chi connectivity index (χ3n) is 5.64. The Kier molecular flexibility index (Phi) is 10.1. The van der Waals surface area contributed by atoms with Crippen LogP contribution in [0.5, 0.6) is 0 Å². The maximum Gasteiger partial charge on any atom is 0.277 e. The number of carbonyl (C=O) groups excluding carboxylic acids is 2. The van der Waals surface area contributed by atoms with Crippen LogP contribution in [-0.2, 0) is 9.59 Å². The summed E-state index contributed by atoms with van der Waals surface area (Å²) < 4.78 is 56.0. The molecular formula is C25H32BrF4N3O3. The van der Waals surface area contributed by atoms with E-state index in [-0.39, 0.29) is 42.5 Å². The molecule has 11 heteroatoms. The number of allylic oxidation sites excluding steroid dienone is 5. The molecule has 1 heterocycles. The maximum absolute atomic E-state index is 14.5. The normalized spacial score (nSPS) is 21.7. The van der Waals surface area contributed by atoms with Crippen molar-refractivity contribution in [3.05, 3.63) is 58.3 Å². The molecule has 1 aliphatic carbocycles. The summed E-state index contributed by atoms with van der Waals surface area (Å²) in [5.41, 5.74) is -1.65. The van der Waals surface area contributed by atoms with Gasteiger partial charge in [0.15, 0.2) is 5.83 Å². The molecule has 0 aromatic rings. The minimum absolute atomic E-state index is 0.0477. The predicted octanol–water partition coefficient (Wildman–Crippen LogP) is 5.77. The van der Waals surface area contributed by atoms with Crippen LogP contribution in [0.25, 0.3) is 0 Å². The number of nitrogens with zero attached hydrogens (tertiary/aromatic N) is 2. The number of aliphatic hydroxyl groups excluding tert-OH is 1. The van der Waals surface area contributed by atoms with Gasteiger partial charge < -0.3 is 10.4 Å². The number of hydrogen-bond donors (Lipinski definition) is 2. The van der Waals surface area contributed by atoms with Gasteiger partial charge in [-0.25, -0.2) is 22.6 Å². The Morgan fingerprint density at radius 1 is 1.36 bits per heavy atom. The molecule has 2 aliphatic rings. The fourth-order valence-corrected chi connectivity index (χ4v) is 4.34. The number of alkyl halides is 2. The van der Waals surface area contributed by atoms with Gasteiger partial charge in [-0.1, -0.05) is 49.7 Å². The molecule has 2 amide bonds. The zero-order valence-corrected chi connectivity index (χ0v) is 22.6. The molecule has 0 aromatic heterocycles. The van der Waals surface area contributed by atoms with Crippen LogP contribution < -0.4 is 5.32 Å². The summed E-state index contributed by atoms with van der Waals surface area (Å²) in [6, 6.07) is -0.885. The summed E-state index contributed by atoms with van der Waals surface area (Å²) in [6.07, 6.45) is 1.93. The highest BCUT2D eigenvalue weighted by molar-refractivity contribution is 9.09. The van der Waals surface area contributed by atoms with Gasteiger partial charge in [-0.15, -0.1) is 0 Å². The molecule has 0 fully saturated rings. The second kappa shape index (κ2) is 12.2. The first-order valence-electron chi connectivity index (χ1n) is 11.6. The second-order valence-electron chi connectivity index (χ2n) is 9.61. The minimum atomic E-state index is -1.55. The first-order chi connectivity index (χ1) is 16.7. The highest BCUT2D eigenvalue weighted by Crippen LogP contribution is 2.37. The minimum Gasteiger partial charge on any atom is -0.509 e. The van der Waals surface area contributed by atoms with Crippen molar-refractivity contribution in [1.29, 1.82) is 0 Å². The van der Waals surface area contributed by atoms with Crippen molar-refractivity contribution >= 4 is 27.7 Å². The summed E-state index contributed by atoms with van der Waals surface area (Å²) in [5.74, 6) is -5.25. The van der Waals surface area contributed by atoms with Crippen molar-refractivity contribution < 1.29 is 32.3 Å². The van der Waals surface area contributed by atoms with Crippen LogP contribution >= 0.6 is 15.9 Å². The lowest BCUT2D eigenvalue weighted by atomic mass is 9.82. The summed E-state index contributed by atoms with van der Waals surface area (Å²) in [6.45, 7) is 8.07. The Hall–Kier alpha value is -2.40. The summed E-state index contributed by atoms with van der Waals surface area (Å²) in [7, 11) is 0. The molecule has 6 nitrogen and oxygen atoms in total. The number of likely N-dealkylation sites (N-methyl/N-ethyl adjacent to an activating group) is 1. The number of hydrogen-bond acceptors (Lipinski definition) is 4. The van der Waals surface area contributed by atoms with Crippen molar-refractivity contribution in [3.63, 3.8) is 0 Å². The highest BCUT2D eigenvalue weighted by Gasteiger charge is 2.47. The number of aliphatic hydroxyl groups is 1. The average molecular weight is 578 g/mol. The molecule has 2 N–H and O–H groups in total. The Labute approximate surface area is 217 Å². The Morgan fingerprint density at radius 2 is 2.00 bits per heavy atom. The van der Waals surface area contributed by atoms with E-state index in [1.807, 2.05) is 0 Å². The molecule has 0 saturated carbocycles.